The molecule has 0 aliphatic carbocycles. The Labute approximate surface area is 162 Å². The van der Waals surface area contributed by atoms with E-state index < -0.39 is 5.97 Å². The van der Waals surface area contributed by atoms with E-state index in [1.54, 1.807) is 28.3 Å². The monoisotopic (exact) mass is 383 g/mol. The number of benzene rings is 1. The second-order valence-corrected chi connectivity index (χ2v) is 6.75. The predicted molar refractivity (Wildman–Crippen MR) is 99.2 cm³/mol. The van der Waals surface area contributed by atoms with E-state index in [4.69, 9.17) is 9.47 Å². The third kappa shape index (κ3) is 3.63. The lowest BCUT2D eigenvalue weighted by Gasteiger charge is -2.36. The van der Waals surface area contributed by atoms with Gasteiger partial charge in [0.05, 0.1) is 31.4 Å². The fourth-order valence-electron chi connectivity index (χ4n) is 3.49. The van der Waals surface area contributed by atoms with Crippen LogP contribution in [0.2, 0.25) is 0 Å². The Morgan fingerprint density at radius 2 is 2.00 bits per heavy atom. The topological polar surface area (TPSA) is 92.2 Å². The summed E-state index contributed by atoms with van der Waals surface area (Å²) in [5.74, 6) is -0.522. The fraction of sp³-hybridized carbons (Fsp3) is 0.350. The first-order valence-electron chi connectivity index (χ1n) is 9.16. The minimum Gasteiger partial charge on any atom is -0.491 e. The summed E-state index contributed by atoms with van der Waals surface area (Å²) in [4.78, 5) is 32.3. The molecule has 0 saturated carbocycles. The highest BCUT2D eigenvalue weighted by atomic mass is 16.5. The molecule has 1 aromatic heterocycles. The van der Waals surface area contributed by atoms with Gasteiger partial charge in [-0.3, -0.25) is 4.98 Å². The molecule has 146 valence electrons. The number of nitrogens with zero attached hydrogens (tertiary/aromatic N) is 3. The summed E-state index contributed by atoms with van der Waals surface area (Å²) in [7, 11) is 0. The number of carbonyl (C=O) groups is 2. The van der Waals surface area contributed by atoms with E-state index in [2.05, 4.69) is 4.98 Å². The second kappa shape index (κ2) is 7.85. The first kappa shape index (κ1) is 18.2. The lowest BCUT2D eigenvalue weighted by atomic mass is 10.1. The third-order valence-corrected chi connectivity index (χ3v) is 5.02. The highest BCUT2D eigenvalue weighted by Crippen LogP contribution is 2.33. The number of carbonyl (C=O) groups excluding carboxylic acids is 1. The van der Waals surface area contributed by atoms with Gasteiger partial charge in [-0.25, -0.2) is 9.59 Å². The molecule has 2 aromatic rings. The molecule has 0 radical (unpaired) electrons. The largest absolute Gasteiger partial charge is 0.491 e. The molecule has 4 rings (SSSR count). The standard InChI is InChI=1S/C20H21N3O5/c24-19(25)14-3-4-16-12-23(20(26)22-6-8-27-9-7-22)17(13-28-18(16)10-14)15-2-1-5-21-11-15/h1-5,10-11,17H,6-9,12-13H2,(H,24,25)/t17-/m0/s1. The van der Waals surface area contributed by atoms with Crippen LogP contribution in [0.25, 0.3) is 0 Å². The number of rotatable bonds is 2. The number of hydrogen-bond donors (Lipinski definition) is 1. The van der Waals surface area contributed by atoms with Gasteiger partial charge in [0.1, 0.15) is 12.4 Å². The van der Waals surface area contributed by atoms with Crippen LogP contribution in [0.1, 0.15) is 27.5 Å². The van der Waals surface area contributed by atoms with Gasteiger partial charge in [-0.15, -0.1) is 0 Å². The highest BCUT2D eigenvalue weighted by Gasteiger charge is 2.33. The summed E-state index contributed by atoms with van der Waals surface area (Å²) in [5.41, 5.74) is 1.80. The zero-order valence-electron chi connectivity index (χ0n) is 15.3. The van der Waals surface area contributed by atoms with Crippen LogP contribution in [0.4, 0.5) is 4.79 Å². The molecule has 1 fully saturated rings. The Bertz CT molecular complexity index is 867. The van der Waals surface area contributed by atoms with E-state index in [1.165, 1.54) is 12.1 Å². The summed E-state index contributed by atoms with van der Waals surface area (Å²) in [6, 6.07) is 8.09. The number of carboxylic acid groups (broad SMARTS) is 1. The normalized spacial score (nSPS) is 19.4. The lowest BCUT2D eigenvalue weighted by molar-refractivity contribution is 0.0362. The van der Waals surface area contributed by atoms with Crippen LogP contribution in [0.5, 0.6) is 5.75 Å². The summed E-state index contributed by atoms with van der Waals surface area (Å²) >= 11 is 0. The molecule has 28 heavy (non-hydrogen) atoms. The van der Waals surface area contributed by atoms with Crippen molar-refractivity contribution in [3.63, 3.8) is 0 Å². The van der Waals surface area contributed by atoms with Crippen LogP contribution < -0.4 is 4.74 Å². The number of fused-ring (bicyclic) bond motifs is 1. The average molecular weight is 383 g/mol. The average Bonchev–Trinajstić information content (AvgIpc) is 2.93. The first-order valence-corrected chi connectivity index (χ1v) is 9.16. The van der Waals surface area contributed by atoms with E-state index in [0.717, 1.165) is 11.1 Å². The van der Waals surface area contributed by atoms with Crippen LogP contribution in [-0.2, 0) is 11.3 Å². The summed E-state index contributed by atoms with van der Waals surface area (Å²) < 4.78 is 11.3. The Morgan fingerprint density at radius 3 is 2.71 bits per heavy atom. The Balaban J connectivity index is 1.69. The van der Waals surface area contributed by atoms with Crippen molar-refractivity contribution in [2.45, 2.75) is 12.6 Å². The Hall–Kier alpha value is -3.13. The van der Waals surface area contributed by atoms with E-state index in [9.17, 15) is 14.7 Å². The molecule has 0 bridgehead atoms. The SMILES string of the molecule is O=C(O)c1ccc2c(c1)OC[C@@H](c1cccnc1)N(C(=O)N1CCOCC1)C2. The summed E-state index contributed by atoms with van der Waals surface area (Å²) in [5, 5.41) is 9.25. The molecule has 2 amide bonds. The third-order valence-electron chi connectivity index (χ3n) is 5.02. The van der Waals surface area contributed by atoms with E-state index in [1.807, 2.05) is 12.1 Å². The number of aromatic carboxylic acids is 1. The minimum atomic E-state index is -1.01. The van der Waals surface area contributed by atoms with E-state index >= 15 is 0 Å². The summed E-state index contributed by atoms with van der Waals surface area (Å²) in [6.45, 7) is 2.67. The highest BCUT2D eigenvalue weighted by molar-refractivity contribution is 5.88. The van der Waals surface area contributed by atoms with Crippen LogP contribution in [0, 0.1) is 0 Å². The van der Waals surface area contributed by atoms with Gasteiger partial charge in [0.25, 0.3) is 0 Å². The maximum Gasteiger partial charge on any atom is 0.335 e. The molecule has 3 heterocycles. The van der Waals surface area contributed by atoms with E-state index in [0.29, 0.717) is 38.6 Å². The van der Waals surface area contributed by atoms with Crippen molar-refractivity contribution in [2.24, 2.45) is 0 Å². The fourth-order valence-corrected chi connectivity index (χ4v) is 3.49. The Kier molecular flexibility index (Phi) is 5.12. The van der Waals surface area contributed by atoms with Crippen LogP contribution in [0.15, 0.2) is 42.7 Å². The quantitative estimate of drug-likeness (QED) is 0.855. The number of morpholine rings is 1. The second-order valence-electron chi connectivity index (χ2n) is 6.75. The molecular weight excluding hydrogens is 362 g/mol. The lowest BCUT2D eigenvalue weighted by Crippen LogP contribution is -2.49. The molecule has 8 nitrogen and oxygen atoms in total. The molecule has 1 atom stereocenters. The van der Waals surface area contributed by atoms with Crippen molar-refractivity contribution in [3.8, 4) is 5.75 Å². The van der Waals surface area contributed by atoms with Gasteiger partial charge in [0.2, 0.25) is 0 Å². The molecule has 2 aliphatic heterocycles. The van der Waals surface area contributed by atoms with Crippen molar-refractivity contribution in [2.75, 3.05) is 32.9 Å². The molecule has 1 saturated heterocycles. The number of aromatic nitrogens is 1. The van der Waals surface area contributed by atoms with Gasteiger partial charge >= 0.3 is 12.0 Å². The van der Waals surface area contributed by atoms with Crippen molar-refractivity contribution < 1.29 is 24.2 Å². The molecule has 0 unspecified atom stereocenters. The number of ether oxygens (including phenoxy) is 2. The minimum absolute atomic E-state index is 0.0871. The zero-order chi connectivity index (χ0) is 19.5. The molecule has 0 spiro atoms. The van der Waals surface area contributed by atoms with Crippen molar-refractivity contribution in [1.82, 2.24) is 14.8 Å². The van der Waals surface area contributed by atoms with Crippen molar-refractivity contribution >= 4 is 12.0 Å². The number of urea groups is 1. The molecule has 1 aromatic carbocycles. The number of amides is 2. The van der Waals surface area contributed by atoms with Gasteiger partial charge in [-0.1, -0.05) is 12.1 Å². The molecule has 2 aliphatic rings. The van der Waals surface area contributed by atoms with Gasteiger partial charge in [0.15, 0.2) is 0 Å². The van der Waals surface area contributed by atoms with Gasteiger partial charge in [-0.2, -0.15) is 0 Å². The molecular formula is C20H21N3O5. The van der Waals surface area contributed by atoms with Gasteiger partial charge in [-0.05, 0) is 23.8 Å². The molecule has 1 N–H and O–H groups in total. The smallest absolute Gasteiger partial charge is 0.335 e. The summed E-state index contributed by atoms with van der Waals surface area (Å²) in [6.07, 6.45) is 3.41. The number of carboxylic acids is 1. The van der Waals surface area contributed by atoms with Gasteiger partial charge < -0.3 is 24.4 Å². The number of pyridine rings is 1. The first-order chi connectivity index (χ1) is 13.6. The Morgan fingerprint density at radius 1 is 1.18 bits per heavy atom. The van der Waals surface area contributed by atoms with Crippen LogP contribution in [-0.4, -0.2) is 64.8 Å². The van der Waals surface area contributed by atoms with E-state index in [-0.39, 0.29) is 24.2 Å². The number of hydrogen-bond acceptors (Lipinski definition) is 5. The zero-order valence-corrected chi connectivity index (χ0v) is 15.3. The van der Waals surface area contributed by atoms with Crippen LogP contribution >= 0.6 is 0 Å². The predicted octanol–water partition coefficient (Wildman–Crippen LogP) is 2.17. The van der Waals surface area contributed by atoms with Crippen molar-refractivity contribution in [3.05, 3.63) is 59.4 Å². The molecule has 8 heteroatoms. The van der Waals surface area contributed by atoms with Gasteiger partial charge in [0, 0.05) is 31.0 Å². The van der Waals surface area contributed by atoms with Crippen LogP contribution in [0.3, 0.4) is 0 Å². The maximum atomic E-state index is 13.3. The van der Waals surface area contributed by atoms with Crippen molar-refractivity contribution in [1.29, 1.82) is 0 Å². The maximum absolute atomic E-state index is 13.3.